The molecule has 0 bridgehead atoms. The smallest absolute Gasteiger partial charge is 0.251 e. The third-order valence-corrected chi connectivity index (χ3v) is 3.03. The van der Waals surface area contributed by atoms with E-state index in [-0.39, 0.29) is 5.91 Å². The normalized spacial score (nSPS) is 10.1. The zero-order valence-electron chi connectivity index (χ0n) is 11.2. The van der Waals surface area contributed by atoms with Gasteiger partial charge in [0.25, 0.3) is 5.91 Å². The highest BCUT2D eigenvalue weighted by molar-refractivity contribution is 6.30. The first-order valence-corrected chi connectivity index (χ1v) is 6.83. The molecule has 0 aliphatic rings. The molecule has 3 nitrogen and oxygen atoms in total. The predicted octanol–water partition coefficient (Wildman–Crippen LogP) is 3.67. The molecule has 2 aromatic rings. The molecule has 0 saturated heterocycles. The summed E-state index contributed by atoms with van der Waals surface area (Å²) in [6.07, 6.45) is 0. The lowest BCUT2D eigenvalue weighted by Crippen LogP contribution is -2.23. The third kappa shape index (κ3) is 3.75. The van der Waals surface area contributed by atoms with Crippen molar-refractivity contribution in [3.8, 4) is 5.75 Å². The Labute approximate surface area is 123 Å². The third-order valence-electron chi connectivity index (χ3n) is 2.80. The Hall–Kier alpha value is -2.00. The van der Waals surface area contributed by atoms with Crippen LogP contribution in [0, 0.1) is 0 Å². The Bertz CT molecular complexity index is 599. The Kier molecular flexibility index (Phi) is 5.02. The molecule has 0 spiro atoms. The van der Waals surface area contributed by atoms with Crippen LogP contribution in [0.1, 0.15) is 22.8 Å². The molecule has 1 N–H and O–H groups in total. The molecule has 104 valence electrons. The van der Waals surface area contributed by atoms with Crippen molar-refractivity contribution in [1.29, 1.82) is 0 Å². The molecular formula is C16H16ClNO2. The van der Waals surface area contributed by atoms with Crippen LogP contribution in [0.4, 0.5) is 0 Å². The van der Waals surface area contributed by atoms with Crippen molar-refractivity contribution in [2.45, 2.75) is 13.5 Å². The van der Waals surface area contributed by atoms with Crippen LogP contribution in [0.15, 0.2) is 48.5 Å². The lowest BCUT2D eigenvalue weighted by molar-refractivity contribution is 0.0950. The van der Waals surface area contributed by atoms with Crippen molar-refractivity contribution in [3.63, 3.8) is 0 Å². The molecule has 2 rings (SSSR count). The van der Waals surface area contributed by atoms with Gasteiger partial charge in [0.2, 0.25) is 0 Å². The fourth-order valence-electron chi connectivity index (χ4n) is 1.85. The molecule has 20 heavy (non-hydrogen) atoms. The van der Waals surface area contributed by atoms with E-state index in [0.29, 0.717) is 23.7 Å². The summed E-state index contributed by atoms with van der Waals surface area (Å²) in [7, 11) is 0. The largest absolute Gasteiger partial charge is 0.494 e. The number of ether oxygens (including phenoxy) is 1. The van der Waals surface area contributed by atoms with Crippen LogP contribution in [-0.4, -0.2) is 12.5 Å². The van der Waals surface area contributed by atoms with Gasteiger partial charge < -0.3 is 10.1 Å². The summed E-state index contributed by atoms with van der Waals surface area (Å²) in [5.41, 5.74) is 1.50. The van der Waals surface area contributed by atoms with Crippen molar-refractivity contribution >= 4 is 17.5 Å². The van der Waals surface area contributed by atoms with Crippen LogP contribution in [0.2, 0.25) is 5.02 Å². The summed E-state index contributed by atoms with van der Waals surface area (Å²) in [6, 6.07) is 14.5. The minimum Gasteiger partial charge on any atom is -0.494 e. The van der Waals surface area contributed by atoms with Gasteiger partial charge in [-0.05, 0) is 31.2 Å². The quantitative estimate of drug-likeness (QED) is 0.912. The fraction of sp³-hybridized carbons (Fsp3) is 0.188. The van der Waals surface area contributed by atoms with Gasteiger partial charge in [-0.25, -0.2) is 0 Å². The number of rotatable bonds is 5. The number of hydrogen-bond donors (Lipinski definition) is 1. The number of hydrogen-bond acceptors (Lipinski definition) is 2. The van der Waals surface area contributed by atoms with E-state index in [0.717, 1.165) is 11.3 Å². The van der Waals surface area contributed by atoms with Gasteiger partial charge in [-0.1, -0.05) is 35.9 Å². The van der Waals surface area contributed by atoms with E-state index in [4.69, 9.17) is 16.3 Å². The molecule has 0 unspecified atom stereocenters. The van der Waals surface area contributed by atoms with Crippen LogP contribution in [0.5, 0.6) is 5.75 Å². The Balaban J connectivity index is 2.03. The second-order valence-electron chi connectivity index (χ2n) is 4.23. The number of carbonyl (C=O) groups is 1. The van der Waals surface area contributed by atoms with Crippen molar-refractivity contribution in [3.05, 3.63) is 64.7 Å². The first-order chi connectivity index (χ1) is 9.70. The predicted molar refractivity (Wildman–Crippen MR) is 80.2 cm³/mol. The molecule has 0 saturated carbocycles. The average molecular weight is 290 g/mol. The van der Waals surface area contributed by atoms with Gasteiger partial charge in [0, 0.05) is 22.7 Å². The molecule has 0 fully saturated rings. The number of para-hydroxylation sites is 1. The van der Waals surface area contributed by atoms with E-state index in [1.165, 1.54) is 0 Å². The number of nitrogens with one attached hydrogen (secondary N) is 1. The Morgan fingerprint density at radius 3 is 2.75 bits per heavy atom. The molecule has 0 aliphatic heterocycles. The van der Waals surface area contributed by atoms with Gasteiger partial charge in [-0.15, -0.1) is 0 Å². The van der Waals surface area contributed by atoms with Gasteiger partial charge in [-0.2, -0.15) is 0 Å². The molecule has 4 heteroatoms. The van der Waals surface area contributed by atoms with Gasteiger partial charge in [0.05, 0.1) is 6.61 Å². The van der Waals surface area contributed by atoms with Crippen molar-refractivity contribution < 1.29 is 9.53 Å². The highest BCUT2D eigenvalue weighted by Gasteiger charge is 2.07. The molecule has 0 atom stereocenters. The van der Waals surface area contributed by atoms with Crippen LogP contribution >= 0.6 is 11.6 Å². The molecule has 0 aromatic heterocycles. The van der Waals surface area contributed by atoms with E-state index in [2.05, 4.69) is 5.32 Å². The second kappa shape index (κ2) is 6.96. The number of carbonyl (C=O) groups excluding carboxylic acids is 1. The van der Waals surface area contributed by atoms with Crippen LogP contribution in [0.25, 0.3) is 0 Å². The van der Waals surface area contributed by atoms with E-state index < -0.39 is 0 Å². The van der Waals surface area contributed by atoms with Crippen molar-refractivity contribution in [1.82, 2.24) is 5.32 Å². The summed E-state index contributed by atoms with van der Waals surface area (Å²) in [4.78, 5) is 12.0. The minimum absolute atomic E-state index is 0.154. The fourth-order valence-corrected chi connectivity index (χ4v) is 2.04. The van der Waals surface area contributed by atoms with Gasteiger partial charge >= 0.3 is 0 Å². The Morgan fingerprint density at radius 1 is 1.20 bits per heavy atom. The van der Waals surface area contributed by atoms with Crippen LogP contribution in [-0.2, 0) is 6.54 Å². The summed E-state index contributed by atoms with van der Waals surface area (Å²) in [5.74, 6) is 0.639. The number of halogens is 1. The van der Waals surface area contributed by atoms with E-state index in [1.54, 1.807) is 24.3 Å². The number of amides is 1. The lowest BCUT2D eigenvalue weighted by atomic mass is 10.1. The monoisotopic (exact) mass is 289 g/mol. The van der Waals surface area contributed by atoms with Gasteiger partial charge in [0.15, 0.2) is 0 Å². The molecular weight excluding hydrogens is 274 g/mol. The summed E-state index contributed by atoms with van der Waals surface area (Å²) in [5, 5.41) is 3.41. The maximum absolute atomic E-state index is 12.0. The van der Waals surface area contributed by atoms with E-state index >= 15 is 0 Å². The van der Waals surface area contributed by atoms with Crippen molar-refractivity contribution in [2.24, 2.45) is 0 Å². The summed E-state index contributed by atoms with van der Waals surface area (Å²) in [6.45, 7) is 2.95. The Morgan fingerprint density at radius 2 is 2.00 bits per heavy atom. The molecule has 0 radical (unpaired) electrons. The van der Waals surface area contributed by atoms with Gasteiger partial charge in [0.1, 0.15) is 5.75 Å². The van der Waals surface area contributed by atoms with Gasteiger partial charge in [-0.3, -0.25) is 4.79 Å². The number of benzene rings is 2. The standard InChI is InChI=1S/C16H16ClNO2/c1-2-20-15-9-4-3-6-13(15)11-18-16(19)12-7-5-8-14(17)10-12/h3-10H,2,11H2,1H3,(H,18,19). The highest BCUT2D eigenvalue weighted by atomic mass is 35.5. The first-order valence-electron chi connectivity index (χ1n) is 6.45. The lowest BCUT2D eigenvalue weighted by Gasteiger charge is -2.11. The van der Waals surface area contributed by atoms with E-state index in [9.17, 15) is 4.79 Å². The molecule has 1 amide bonds. The zero-order valence-corrected chi connectivity index (χ0v) is 12.0. The minimum atomic E-state index is -0.154. The molecule has 0 heterocycles. The molecule has 2 aromatic carbocycles. The summed E-state index contributed by atoms with van der Waals surface area (Å²) < 4.78 is 5.52. The van der Waals surface area contributed by atoms with Crippen molar-refractivity contribution in [2.75, 3.05) is 6.61 Å². The average Bonchev–Trinajstić information content (AvgIpc) is 2.46. The zero-order chi connectivity index (χ0) is 14.4. The summed E-state index contributed by atoms with van der Waals surface area (Å²) >= 11 is 5.87. The SMILES string of the molecule is CCOc1ccccc1CNC(=O)c1cccc(Cl)c1. The van der Waals surface area contributed by atoms with Crippen LogP contribution in [0.3, 0.4) is 0 Å². The second-order valence-corrected chi connectivity index (χ2v) is 4.67. The van der Waals surface area contributed by atoms with E-state index in [1.807, 2.05) is 31.2 Å². The van der Waals surface area contributed by atoms with Crippen LogP contribution < -0.4 is 10.1 Å². The first kappa shape index (κ1) is 14.4. The topological polar surface area (TPSA) is 38.3 Å². The highest BCUT2D eigenvalue weighted by Crippen LogP contribution is 2.18. The molecule has 0 aliphatic carbocycles. The maximum atomic E-state index is 12.0. The maximum Gasteiger partial charge on any atom is 0.251 e.